The minimum absolute atomic E-state index is 0.219. The van der Waals surface area contributed by atoms with E-state index in [2.05, 4.69) is 35.0 Å². The van der Waals surface area contributed by atoms with Crippen LogP contribution < -0.4 is 4.74 Å². The number of fused-ring (bicyclic) bond motifs is 1. The third-order valence-electron chi connectivity index (χ3n) is 6.16. The minimum Gasteiger partial charge on any atom is -0.493 e. The van der Waals surface area contributed by atoms with Crippen molar-refractivity contribution in [3.63, 3.8) is 0 Å². The van der Waals surface area contributed by atoms with Gasteiger partial charge in [0.05, 0.1) is 11.5 Å². The van der Waals surface area contributed by atoms with Crippen molar-refractivity contribution in [3.8, 4) is 5.75 Å². The van der Waals surface area contributed by atoms with Gasteiger partial charge in [0.15, 0.2) is 0 Å². The summed E-state index contributed by atoms with van der Waals surface area (Å²) < 4.78 is 6.12. The molecule has 2 aliphatic heterocycles. The molecule has 0 atom stereocenters. The van der Waals surface area contributed by atoms with Gasteiger partial charge in [0.1, 0.15) is 5.75 Å². The van der Waals surface area contributed by atoms with E-state index in [0.717, 1.165) is 63.4 Å². The summed E-state index contributed by atoms with van der Waals surface area (Å²) in [5, 5.41) is 11.2. The second kappa shape index (κ2) is 8.93. The van der Waals surface area contributed by atoms with Crippen LogP contribution in [0.4, 0.5) is 5.69 Å². The molecule has 6 heteroatoms. The maximum atomic E-state index is 11.2. The van der Waals surface area contributed by atoms with Crippen molar-refractivity contribution in [2.24, 2.45) is 5.92 Å². The Hall–Kier alpha value is -2.44. The Morgan fingerprint density at radius 1 is 1.10 bits per heavy atom. The SMILES string of the molecule is CN1CCc2ccc(OCC3CCN(Cc4ccccc4[N+](=O)[O-])CC3)cc2C1. The van der Waals surface area contributed by atoms with Crippen LogP contribution in [0.3, 0.4) is 0 Å². The monoisotopic (exact) mass is 395 g/mol. The van der Waals surface area contributed by atoms with Gasteiger partial charge in [-0.1, -0.05) is 24.3 Å². The number of piperidine rings is 1. The van der Waals surface area contributed by atoms with Gasteiger partial charge in [-0.15, -0.1) is 0 Å². The molecule has 2 aromatic carbocycles. The Morgan fingerprint density at radius 2 is 1.90 bits per heavy atom. The van der Waals surface area contributed by atoms with Crippen molar-refractivity contribution in [2.75, 3.05) is 33.3 Å². The Kier molecular flexibility index (Phi) is 6.11. The molecule has 0 unspecified atom stereocenters. The standard InChI is InChI=1S/C23H29N3O3/c1-24-11-10-19-6-7-22(14-21(19)15-24)29-17-18-8-12-25(13-9-18)16-20-4-2-3-5-23(20)26(27)28/h2-7,14,18H,8-13,15-17H2,1H3. The minimum atomic E-state index is -0.285. The highest BCUT2D eigenvalue weighted by Gasteiger charge is 2.22. The van der Waals surface area contributed by atoms with Gasteiger partial charge >= 0.3 is 0 Å². The van der Waals surface area contributed by atoms with Crippen molar-refractivity contribution in [3.05, 3.63) is 69.3 Å². The summed E-state index contributed by atoms with van der Waals surface area (Å²) in [5.41, 5.74) is 3.84. The normalized spacial score (nSPS) is 18.4. The molecule has 4 rings (SSSR count). The first kappa shape index (κ1) is 19.9. The number of benzene rings is 2. The van der Waals surface area contributed by atoms with Crippen molar-refractivity contribution < 1.29 is 9.66 Å². The second-order valence-electron chi connectivity index (χ2n) is 8.33. The van der Waals surface area contributed by atoms with Gasteiger partial charge in [0.25, 0.3) is 5.69 Å². The van der Waals surface area contributed by atoms with Crippen LogP contribution in [0, 0.1) is 16.0 Å². The molecule has 0 spiro atoms. The highest BCUT2D eigenvalue weighted by atomic mass is 16.6. The van der Waals surface area contributed by atoms with Crippen molar-refractivity contribution in [1.29, 1.82) is 0 Å². The number of hydrogen-bond donors (Lipinski definition) is 0. The lowest BCUT2D eigenvalue weighted by atomic mass is 9.97. The van der Waals surface area contributed by atoms with E-state index in [-0.39, 0.29) is 10.6 Å². The van der Waals surface area contributed by atoms with E-state index in [1.54, 1.807) is 12.1 Å². The molecule has 0 saturated carbocycles. The maximum Gasteiger partial charge on any atom is 0.273 e. The molecule has 1 saturated heterocycles. The number of likely N-dealkylation sites (N-methyl/N-ethyl adjacent to an activating group) is 1. The molecule has 0 aliphatic carbocycles. The number of likely N-dealkylation sites (tertiary alicyclic amines) is 1. The number of hydrogen-bond acceptors (Lipinski definition) is 5. The average Bonchev–Trinajstić information content (AvgIpc) is 2.73. The van der Waals surface area contributed by atoms with Gasteiger partial charge in [0.2, 0.25) is 0 Å². The lowest BCUT2D eigenvalue weighted by Gasteiger charge is -2.32. The van der Waals surface area contributed by atoms with Crippen molar-refractivity contribution >= 4 is 5.69 Å². The number of para-hydroxylation sites is 1. The first-order chi connectivity index (χ1) is 14.1. The van der Waals surface area contributed by atoms with Crippen LogP contribution in [0.5, 0.6) is 5.75 Å². The summed E-state index contributed by atoms with van der Waals surface area (Å²) in [6, 6.07) is 13.6. The fraction of sp³-hybridized carbons (Fsp3) is 0.478. The molecular weight excluding hydrogens is 366 g/mol. The Morgan fingerprint density at radius 3 is 2.69 bits per heavy atom. The molecule has 154 valence electrons. The van der Waals surface area contributed by atoms with Crippen LogP contribution >= 0.6 is 0 Å². The molecule has 29 heavy (non-hydrogen) atoms. The van der Waals surface area contributed by atoms with Gasteiger partial charge in [-0.2, -0.15) is 0 Å². The molecule has 0 N–H and O–H groups in total. The number of ether oxygens (including phenoxy) is 1. The van der Waals surface area contributed by atoms with Crippen LogP contribution in [-0.2, 0) is 19.5 Å². The summed E-state index contributed by atoms with van der Waals surface area (Å²) >= 11 is 0. The predicted octanol–water partition coefficient (Wildman–Crippen LogP) is 3.87. The topological polar surface area (TPSA) is 58.8 Å². The second-order valence-corrected chi connectivity index (χ2v) is 8.33. The lowest BCUT2D eigenvalue weighted by Crippen LogP contribution is -2.35. The maximum absolute atomic E-state index is 11.2. The Labute approximate surface area is 172 Å². The Balaban J connectivity index is 1.27. The number of nitrogens with zero attached hydrogens (tertiary/aromatic N) is 3. The van der Waals surface area contributed by atoms with E-state index < -0.39 is 0 Å². The predicted molar refractivity (Wildman–Crippen MR) is 113 cm³/mol. The van der Waals surface area contributed by atoms with Crippen LogP contribution in [0.15, 0.2) is 42.5 Å². The van der Waals surface area contributed by atoms with Crippen molar-refractivity contribution in [2.45, 2.75) is 32.4 Å². The first-order valence-corrected chi connectivity index (χ1v) is 10.5. The molecule has 1 fully saturated rings. The molecule has 0 radical (unpaired) electrons. The molecule has 6 nitrogen and oxygen atoms in total. The zero-order valence-corrected chi connectivity index (χ0v) is 17.0. The highest BCUT2D eigenvalue weighted by molar-refractivity contribution is 5.39. The van der Waals surface area contributed by atoms with Gasteiger partial charge < -0.3 is 9.64 Å². The van der Waals surface area contributed by atoms with E-state index in [9.17, 15) is 10.1 Å². The zero-order valence-electron chi connectivity index (χ0n) is 17.0. The molecule has 2 aromatic rings. The number of nitro groups is 1. The third-order valence-corrected chi connectivity index (χ3v) is 6.16. The van der Waals surface area contributed by atoms with E-state index in [1.807, 2.05) is 12.1 Å². The fourth-order valence-corrected chi connectivity index (χ4v) is 4.35. The summed E-state index contributed by atoms with van der Waals surface area (Å²) in [6.45, 7) is 5.41. The number of nitro benzene ring substituents is 1. The lowest BCUT2D eigenvalue weighted by molar-refractivity contribution is -0.385. The summed E-state index contributed by atoms with van der Waals surface area (Å²) in [6.07, 6.45) is 3.24. The molecule has 0 amide bonds. The fourth-order valence-electron chi connectivity index (χ4n) is 4.35. The highest BCUT2D eigenvalue weighted by Crippen LogP contribution is 2.26. The summed E-state index contributed by atoms with van der Waals surface area (Å²) in [7, 11) is 2.16. The van der Waals surface area contributed by atoms with Gasteiger partial charge in [0, 0.05) is 31.3 Å². The van der Waals surface area contributed by atoms with Crippen molar-refractivity contribution in [1.82, 2.24) is 9.80 Å². The largest absolute Gasteiger partial charge is 0.493 e. The summed E-state index contributed by atoms with van der Waals surface area (Å²) in [4.78, 5) is 15.6. The van der Waals surface area contributed by atoms with Crippen LogP contribution in [0.25, 0.3) is 0 Å². The third kappa shape index (κ3) is 4.95. The van der Waals surface area contributed by atoms with E-state index in [0.29, 0.717) is 12.5 Å². The molecule has 2 aliphatic rings. The molecule has 2 heterocycles. The average molecular weight is 396 g/mol. The first-order valence-electron chi connectivity index (χ1n) is 10.5. The van der Waals surface area contributed by atoms with Gasteiger partial charge in [-0.25, -0.2) is 0 Å². The summed E-state index contributed by atoms with van der Waals surface area (Å²) in [5.74, 6) is 1.51. The molecular formula is C23H29N3O3. The molecule has 0 aromatic heterocycles. The quantitative estimate of drug-likeness (QED) is 0.549. The van der Waals surface area contributed by atoms with Crippen LogP contribution in [0.2, 0.25) is 0 Å². The molecule has 0 bridgehead atoms. The Bertz CT molecular complexity index is 862. The smallest absolute Gasteiger partial charge is 0.273 e. The van der Waals surface area contributed by atoms with E-state index in [1.165, 1.54) is 11.1 Å². The zero-order chi connectivity index (χ0) is 20.2. The van der Waals surface area contributed by atoms with Gasteiger partial charge in [-0.05, 0) is 68.6 Å². The van der Waals surface area contributed by atoms with E-state index in [4.69, 9.17) is 4.74 Å². The van der Waals surface area contributed by atoms with Crippen LogP contribution in [0.1, 0.15) is 29.5 Å². The van der Waals surface area contributed by atoms with Crippen LogP contribution in [-0.4, -0.2) is 48.0 Å². The van der Waals surface area contributed by atoms with E-state index >= 15 is 0 Å². The number of rotatable bonds is 6. The van der Waals surface area contributed by atoms with Gasteiger partial charge in [-0.3, -0.25) is 15.0 Å².